The van der Waals surface area contributed by atoms with Gasteiger partial charge >= 0.3 is 5.69 Å². The topological polar surface area (TPSA) is 90.4 Å². The number of anilines is 2. The first-order valence-electron chi connectivity index (χ1n) is 10.1. The van der Waals surface area contributed by atoms with Crippen molar-refractivity contribution in [2.45, 2.75) is 13.5 Å². The van der Waals surface area contributed by atoms with Gasteiger partial charge in [0.05, 0.1) is 22.3 Å². The third-order valence-corrected chi connectivity index (χ3v) is 5.53. The Labute approximate surface area is 173 Å². The van der Waals surface area contributed by atoms with E-state index >= 15 is 0 Å². The third kappa shape index (κ3) is 3.99. The molecule has 1 amide bonds. The average molecular weight is 407 g/mol. The van der Waals surface area contributed by atoms with E-state index in [1.807, 2.05) is 24.3 Å². The highest BCUT2D eigenvalue weighted by atomic mass is 16.2. The summed E-state index contributed by atoms with van der Waals surface area (Å²) in [5, 5.41) is 3.25. The number of aromatic nitrogens is 2. The van der Waals surface area contributed by atoms with E-state index in [-0.39, 0.29) is 6.54 Å². The third-order valence-electron chi connectivity index (χ3n) is 5.53. The number of nitrogens with one attached hydrogen (secondary N) is 2. The monoisotopic (exact) mass is 407 g/mol. The Hall–Kier alpha value is -3.39. The van der Waals surface area contributed by atoms with E-state index in [1.165, 1.54) is 0 Å². The van der Waals surface area contributed by atoms with Crippen molar-refractivity contribution >= 4 is 28.2 Å². The predicted molar refractivity (Wildman–Crippen MR) is 118 cm³/mol. The number of H-pyrrole nitrogens is 1. The van der Waals surface area contributed by atoms with Crippen LogP contribution in [0.5, 0.6) is 0 Å². The minimum Gasteiger partial charge on any atom is -0.367 e. The Kier molecular flexibility index (Phi) is 5.67. The summed E-state index contributed by atoms with van der Waals surface area (Å²) in [5.41, 5.74) is 1.01. The Morgan fingerprint density at radius 1 is 1.00 bits per heavy atom. The van der Waals surface area contributed by atoms with Gasteiger partial charge in [0.2, 0.25) is 5.91 Å². The van der Waals surface area contributed by atoms with Crippen LogP contribution in [-0.4, -0.2) is 53.1 Å². The van der Waals surface area contributed by atoms with E-state index in [9.17, 15) is 14.4 Å². The Morgan fingerprint density at radius 2 is 1.70 bits per heavy atom. The van der Waals surface area contributed by atoms with Gasteiger partial charge in [-0.1, -0.05) is 31.2 Å². The lowest BCUT2D eigenvalue weighted by atomic mass is 10.2. The fourth-order valence-electron chi connectivity index (χ4n) is 3.84. The van der Waals surface area contributed by atoms with E-state index in [1.54, 1.807) is 24.3 Å². The standard InChI is InChI=1S/C22H25N5O3/c1-2-25-11-13-26(14-12-25)19-10-6-5-9-18(19)23-20(28)15-27-21(29)16-7-3-4-8-17(16)24-22(27)30/h3-10H,2,11-15H2,1H3,(H,23,28)(H,24,30). The lowest BCUT2D eigenvalue weighted by Crippen LogP contribution is -2.46. The number of aromatic amines is 1. The fourth-order valence-corrected chi connectivity index (χ4v) is 3.84. The maximum Gasteiger partial charge on any atom is 0.329 e. The molecular weight excluding hydrogens is 382 g/mol. The summed E-state index contributed by atoms with van der Waals surface area (Å²) in [7, 11) is 0. The second kappa shape index (κ2) is 8.54. The highest BCUT2D eigenvalue weighted by molar-refractivity contribution is 5.94. The zero-order valence-electron chi connectivity index (χ0n) is 16.9. The van der Waals surface area contributed by atoms with Gasteiger partial charge in [-0.15, -0.1) is 0 Å². The number of fused-ring (bicyclic) bond motifs is 1. The molecule has 1 aliphatic rings. The van der Waals surface area contributed by atoms with Crippen LogP contribution < -0.4 is 21.5 Å². The van der Waals surface area contributed by atoms with Crippen LogP contribution in [0.2, 0.25) is 0 Å². The van der Waals surface area contributed by atoms with Crippen LogP contribution in [0.3, 0.4) is 0 Å². The highest BCUT2D eigenvalue weighted by Crippen LogP contribution is 2.26. The number of likely N-dealkylation sites (N-methyl/N-ethyl adjacent to an activating group) is 1. The molecule has 0 spiro atoms. The van der Waals surface area contributed by atoms with Crippen LogP contribution >= 0.6 is 0 Å². The zero-order chi connectivity index (χ0) is 21.1. The zero-order valence-corrected chi connectivity index (χ0v) is 16.9. The number of piperazine rings is 1. The first-order chi connectivity index (χ1) is 14.6. The molecule has 0 unspecified atom stereocenters. The minimum absolute atomic E-state index is 0.350. The average Bonchev–Trinajstić information content (AvgIpc) is 2.77. The normalized spacial score (nSPS) is 14.8. The first kappa shape index (κ1) is 19.9. The Balaban J connectivity index is 1.54. The maximum absolute atomic E-state index is 12.7. The van der Waals surface area contributed by atoms with Crippen LogP contribution in [0, 0.1) is 0 Å². The second-order valence-electron chi connectivity index (χ2n) is 7.35. The molecule has 2 N–H and O–H groups in total. The van der Waals surface area contributed by atoms with Crippen LogP contribution in [0.25, 0.3) is 10.9 Å². The van der Waals surface area contributed by atoms with Crippen LogP contribution in [0.15, 0.2) is 58.1 Å². The molecule has 4 rings (SSSR count). The van der Waals surface area contributed by atoms with Gasteiger partial charge in [-0.2, -0.15) is 0 Å². The molecule has 8 nitrogen and oxygen atoms in total. The number of hydrogen-bond acceptors (Lipinski definition) is 5. The maximum atomic E-state index is 12.7. The predicted octanol–water partition coefficient (Wildman–Crippen LogP) is 1.47. The number of para-hydroxylation sites is 3. The van der Waals surface area contributed by atoms with Gasteiger partial charge < -0.3 is 20.1 Å². The van der Waals surface area contributed by atoms with Crippen molar-refractivity contribution in [3.8, 4) is 0 Å². The molecule has 0 radical (unpaired) electrons. The molecule has 1 saturated heterocycles. The van der Waals surface area contributed by atoms with E-state index in [2.05, 4.69) is 27.0 Å². The summed E-state index contributed by atoms with van der Waals surface area (Å²) < 4.78 is 0.931. The number of rotatable bonds is 5. The van der Waals surface area contributed by atoms with E-state index in [4.69, 9.17) is 0 Å². The second-order valence-corrected chi connectivity index (χ2v) is 7.35. The molecule has 156 valence electrons. The molecule has 2 aromatic carbocycles. The number of amides is 1. The van der Waals surface area contributed by atoms with Crippen LogP contribution in [0.1, 0.15) is 6.92 Å². The smallest absolute Gasteiger partial charge is 0.329 e. The summed E-state index contributed by atoms with van der Waals surface area (Å²) in [5.74, 6) is -0.419. The summed E-state index contributed by atoms with van der Waals surface area (Å²) in [6.45, 7) is 6.54. The molecule has 0 aliphatic carbocycles. The number of hydrogen-bond donors (Lipinski definition) is 2. The number of carbonyl (C=O) groups is 1. The molecule has 1 aromatic heterocycles. The summed E-state index contributed by atoms with van der Waals surface area (Å²) >= 11 is 0. The SMILES string of the molecule is CCN1CCN(c2ccccc2NC(=O)Cn2c(=O)[nH]c3ccccc3c2=O)CC1. The van der Waals surface area contributed by atoms with E-state index in [0.717, 1.165) is 43.0 Å². The molecule has 8 heteroatoms. The summed E-state index contributed by atoms with van der Waals surface area (Å²) in [4.78, 5) is 45.0. The lowest BCUT2D eigenvalue weighted by molar-refractivity contribution is -0.116. The number of nitrogens with zero attached hydrogens (tertiary/aromatic N) is 3. The minimum atomic E-state index is -0.599. The highest BCUT2D eigenvalue weighted by Gasteiger charge is 2.19. The fraction of sp³-hybridized carbons (Fsp3) is 0.318. The van der Waals surface area contributed by atoms with Gasteiger partial charge in [0.15, 0.2) is 0 Å². The van der Waals surface area contributed by atoms with Gasteiger partial charge in [-0.3, -0.25) is 14.2 Å². The van der Waals surface area contributed by atoms with Crippen molar-refractivity contribution < 1.29 is 4.79 Å². The lowest BCUT2D eigenvalue weighted by Gasteiger charge is -2.36. The summed E-state index contributed by atoms with van der Waals surface area (Å²) in [6.07, 6.45) is 0. The Bertz CT molecular complexity index is 1180. The molecule has 0 atom stereocenters. The van der Waals surface area contributed by atoms with Crippen molar-refractivity contribution in [3.63, 3.8) is 0 Å². The van der Waals surface area contributed by atoms with Gasteiger partial charge in [-0.05, 0) is 30.8 Å². The first-order valence-corrected chi connectivity index (χ1v) is 10.1. The number of benzene rings is 2. The largest absolute Gasteiger partial charge is 0.367 e. The molecule has 1 fully saturated rings. The molecule has 30 heavy (non-hydrogen) atoms. The molecule has 0 bridgehead atoms. The van der Waals surface area contributed by atoms with Gasteiger partial charge in [-0.25, -0.2) is 4.79 Å². The van der Waals surface area contributed by atoms with Crippen molar-refractivity contribution in [2.24, 2.45) is 0 Å². The van der Waals surface area contributed by atoms with Gasteiger partial charge in [0, 0.05) is 26.2 Å². The van der Waals surface area contributed by atoms with E-state index < -0.39 is 17.2 Å². The van der Waals surface area contributed by atoms with Crippen molar-refractivity contribution in [1.29, 1.82) is 0 Å². The number of carbonyl (C=O) groups excluding carboxylic acids is 1. The molecule has 0 saturated carbocycles. The van der Waals surface area contributed by atoms with Gasteiger partial charge in [0.1, 0.15) is 6.54 Å². The van der Waals surface area contributed by atoms with Crippen LogP contribution in [-0.2, 0) is 11.3 Å². The van der Waals surface area contributed by atoms with E-state index in [0.29, 0.717) is 16.6 Å². The molecular formula is C22H25N5O3. The Morgan fingerprint density at radius 3 is 2.47 bits per heavy atom. The van der Waals surface area contributed by atoms with Crippen molar-refractivity contribution in [2.75, 3.05) is 42.9 Å². The summed E-state index contributed by atoms with van der Waals surface area (Å²) in [6, 6.07) is 14.4. The van der Waals surface area contributed by atoms with Gasteiger partial charge in [0.25, 0.3) is 5.56 Å². The molecule has 2 heterocycles. The van der Waals surface area contributed by atoms with Crippen molar-refractivity contribution in [1.82, 2.24) is 14.5 Å². The quantitative estimate of drug-likeness (QED) is 0.669. The molecule has 1 aliphatic heterocycles. The molecule has 3 aromatic rings. The van der Waals surface area contributed by atoms with Crippen molar-refractivity contribution in [3.05, 3.63) is 69.4 Å². The van der Waals surface area contributed by atoms with Crippen LogP contribution in [0.4, 0.5) is 11.4 Å².